The molecule has 0 aliphatic carbocycles. The number of hydrogen-bond acceptors (Lipinski definition) is 5. The number of piperazine rings is 1. The minimum absolute atomic E-state index is 0.312. The van der Waals surface area contributed by atoms with Gasteiger partial charge in [0.2, 0.25) is 6.23 Å². The number of thioether (sulfide) groups is 1. The second-order valence-electron chi connectivity index (χ2n) is 5.81. The van der Waals surface area contributed by atoms with Crippen LogP contribution in [0.4, 0.5) is 0 Å². The van der Waals surface area contributed by atoms with Gasteiger partial charge in [0.15, 0.2) is 4.87 Å². The summed E-state index contributed by atoms with van der Waals surface area (Å²) in [5, 5.41) is 14.3. The monoisotopic (exact) mass is 350 g/mol. The SMILES string of the molecule is CS[C@]1(Cc2ccc(OCC=C(C)C)cc2)NC(=O)[C@@H](O)NC1=O. The Labute approximate surface area is 145 Å². The van der Waals surface area contributed by atoms with Gasteiger partial charge < -0.3 is 20.5 Å². The van der Waals surface area contributed by atoms with Crippen molar-refractivity contribution in [2.45, 2.75) is 31.4 Å². The summed E-state index contributed by atoms with van der Waals surface area (Å²) in [5.41, 5.74) is 2.07. The molecule has 1 aliphatic rings. The summed E-state index contributed by atoms with van der Waals surface area (Å²) in [5.74, 6) is -0.279. The average Bonchev–Trinajstić information content (AvgIpc) is 2.54. The molecule has 0 radical (unpaired) electrons. The highest BCUT2D eigenvalue weighted by atomic mass is 32.2. The molecule has 0 bridgehead atoms. The minimum atomic E-state index is -1.50. The Morgan fingerprint density at radius 3 is 2.58 bits per heavy atom. The lowest BCUT2D eigenvalue weighted by Crippen LogP contribution is -2.68. The van der Waals surface area contributed by atoms with Crippen LogP contribution in [0.25, 0.3) is 0 Å². The van der Waals surface area contributed by atoms with Crippen LogP contribution < -0.4 is 15.4 Å². The molecule has 1 aromatic rings. The fraction of sp³-hybridized carbons (Fsp3) is 0.412. The van der Waals surface area contributed by atoms with Crippen molar-refractivity contribution in [1.82, 2.24) is 10.6 Å². The van der Waals surface area contributed by atoms with Gasteiger partial charge in [-0.3, -0.25) is 9.59 Å². The fourth-order valence-corrected chi connectivity index (χ4v) is 3.02. The van der Waals surface area contributed by atoms with Gasteiger partial charge in [-0.25, -0.2) is 0 Å². The highest BCUT2D eigenvalue weighted by molar-refractivity contribution is 8.00. The zero-order chi connectivity index (χ0) is 17.7. The van der Waals surface area contributed by atoms with Gasteiger partial charge in [-0.2, -0.15) is 0 Å². The summed E-state index contributed by atoms with van der Waals surface area (Å²) >= 11 is 1.23. The van der Waals surface area contributed by atoms with Crippen molar-refractivity contribution in [1.29, 1.82) is 0 Å². The van der Waals surface area contributed by atoms with Crippen LogP contribution in [0.1, 0.15) is 19.4 Å². The Hall–Kier alpha value is -1.99. The van der Waals surface area contributed by atoms with Gasteiger partial charge in [0, 0.05) is 6.42 Å². The lowest BCUT2D eigenvalue weighted by molar-refractivity contribution is -0.146. The number of carbonyl (C=O) groups excluding carboxylic acids is 2. The summed E-state index contributed by atoms with van der Waals surface area (Å²) in [7, 11) is 0. The molecule has 130 valence electrons. The van der Waals surface area contributed by atoms with E-state index in [-0.39, 0.29) is 0 Å². The molecule has 1 heterocycles. The van der Waals surface area contributed by atoms with Crippen molar-refractivity contribution in [2.75, 3.05) is 12.9 Å². The molecular weight excluding hydrogens is 328 g/mol. The molecule has 0 saturated carbocycles. The lowest BCUT2D eigenvalue weighted by Gasteiger charge is -2.37. The van der Waals surface area contributed by atoms with E-state index in [1.165, 1.54) is 17.3 Å². The number of allylic oxidation sites excluding steroid dienone is 1. The van der Waals surface area contributed by atoms with Gasteiger partial charge >= 0.3 is 0 Å². The van der Waals surface area contributed by atoms with E-state index in [1.54, 1.807) is 6.26 Å². The molecule has 6 nitrogen and oxygen atoms in total. The number of aliphatic hydroxyl groups is 1. The van der Waals surface area contributed by atoms with Crippen molar-refractivity contribution in [3.63, 3.8) is 0 Å². The number of benzene rings is 1. The third-order valence-electron chi connectivity index (χ3n) is 3.67. The van der Waals surface area contributed by atoms with Gasteiger partial charge in [-0.05, 0) is 43.9 Å². The number of amides is 2. The lowest BCUT2D eigenvalue weighted by atomic mass is 10.0. The molecule has 0 aromatic heterocycles. The maximum atomic E-state index is 12.2. The molecule has 2 amide bonds. The Balaban J connectivity index is 2.07. The smallest absolute Gasteiger partial charge is 0.271 e. The van der Waals surface area contributed by atoms with E-state index in [4.69, 9.17) is 4.74 Å². The van der Waals surface area contributed by atoms with E-state index in [1.807, 2.05) is 44.2 Å². The summed E-state index contributed by atoms with van der Waals surface area (Å²) in [6, 6.07) is 7.39. The van der Waals surface area contributed by atoms with Crippen LogP contribution in [-0.4, -0.2) is 40.9 Å². The normalized spacial score (nSPS) is 23.2. The Morgan fingerprint density at radius 2 is 2.00 bits per heavy atom. The van der Waals surface area contributed by atoms with Crippen molar-refractivity contribution in [3.05, 3.63) is 41.5 Å². The molecule has 2 rings (SSSR count). The Kier molecular flexibility index (Phi) is 5.90. The Morgan fingerprint density at radius 1 is 1.33 bits per heavy atom. The van der Waals surface area contributed by atoms with Crippen LogP contribution in [0.2, 0.25) is 0 Å². The van der Waals surface area contributed by atoms with Crippen LogP contribution in [0.15, 0.2) is 35.9 Å². The molecule has 0 spiro atoms. The zero-order valence-corrected chi connectivity index (χ0v) is 14.8. The first kappa shape index (κ1) is 18.4. The van der Waals surface area contributed by atoms with E-state index < -0.39 is 22.9 Å². The molecule has 1 fully saturated rings. The fourth-order valence-electron chi connectivity index (χ4n) is 2.27. The third kappa shape index (κ3) is 4.30. The molecule has 3 N–H and O–H groups in total. The molecule has 0 unspecified atom stereocenters. The maximum Gasteiger partial charge on any atom is 0.271 e. The van der Waals surface area contributed by atoms with E-state index in [0.717, 1.165) is 11.3 Å². The number of nitrogens with one attached hydrogen (secondary N) is 2. The first-order valence-electron chi connectivity index (χ1n) is 7.57. The zero-order valence-electron chi connectivity index (χ0n) is 14.0. The molecule has 1 aliphatic heterocycles. The Bertz CT molecular complexity index is 640. The van der Waals surface area contributed by atoms with Crippen LogP contribution in [0.5, 0.6) is 5.75 Å². The topological polar surface area (TPSA) is 87.7 Å². The second kappa shape index (κ2) is 7.72. The van der Waals surface area contributed by atoms with Crippen LogP contribution >= 0.6 is 11.8 Å². The van der Waals surface area contributed by atoms with Crippen molar-refractivity contribution in [2.24, 2.45) is 0 Å². The van der Waals surface area contributed by atoms with Crippen LogP contribution in [-0.2, 0) is 16.0 Å². The summed E-state index contributed by atoms with van der Waals surface area (Å²) in [6.45, 7) is 4.52. The minimum Gasteiger partial charge on any atom is -0.490 e. The number of carbonyl (C=O) groups is 2. The second-order valence-corrected chi connectivity index (χ2v) is 6.91. The molecule has 1 saturated heterocycles. The van der Waals surface area contributed by atoms with Crippen molar-refractivity contribution in [3.8, 4) is 5.75 Å². The maximum absolute atomic E-state index is 12.2. The van der Waals surface area contributed by atoms with Gasteiger partial charge in [0.05, 0.1) is 0 Å². The van der Waals surface area contributed by atoms with Gasteiger partial charge in [-0.15, -0.1) is 11.8 Å². The molecule has 1 aromatic carbocycles. The number of aliphatic hydroxyl groups excluding tert-OH is 1. The van der Waals surface area contributed by atoms with Crippen molar-refractivity contribution < 1.29 is 19.4 Å². The number of hydrogen-bond donors (Lipinski definition) is 3. The van der Waals surface area contributed by atoms with Gasteiger partial charge in [0.25, 0.3) is 11.8 Å². The molecule has 24 heavy (non-hydrogen) atoms. The van der Waals surface area contributed by atoms with Gasteiger partial charge in [-0.1, -0.05) is 17.7 Å². The number of ether oxygens (including phenoxy) is 1. The molecular formula is C17H22N2O4S. The largest absolute Gasteiger partial charge is 0.490 e. The third-order valence-corrected chi connectivity index (χ3v) is 4.80. The molecule has 7 heteroatoms. The highest BCUT2D eigenvalue weighted by Crippen LogP contribution is 2.28. The van der Waals surface area contributed by atoms with E-state index in [2.05, 4.69) is 10.6 Å². The van der Waals surface area contributed by atoms with E-state index >= 15 is 0 Å². The van der Waals surface area contributed by atoms with Crippen molar-refractivity contribution >= 4 is 23.6 Å². The summed E-state index contributed by atoms with van der Waals surface area (Å²) in [4.78, 5) is 22.8. The van der Waals surface area contributed by atoms with E-state index in [9.17, 15) is 14.7 Å². The number of rotatable bonds is 6. The average molecular weight is 350 g/mol. The molecule has 2 atom stereocenters. The first-order valence-corrected chi connectivity index (χ1v) is 8.80. The summed E-state index contributed by atoms with van der Waals surface area (Å²) < 4.78 is 5.60. The standard InChI is InChI=1S/C17H22N2O4S/c1-11(2)8-9-23-13-6-4-12(5-7-13)10-17(24-3)16(22)18-14(20)15(21)19-17/h4-8,14,20H,9-10H2,1-3H3,(H,18,22)(H,19,21)/t14-,17+/m1/s1. The predicted molar refractivity (Wildman–Crippen MR) is 93.6 cm³/mol. The quantitative estimate of drug-likeness (QED) is 0.671. The highest BCUT2D eigenvalue weighted by Gasteiger charge is 2.45. The summed E-state index contributed by atoms with van der Waals surface area (Å²) in [6.07, 6.45) is 2.55. The first-order chi connectivity index (χ1) is 11.4. The van der Waals surface area contributed by atoms with Crippen LogP contribution in [0, 0.1) is 0 Å². The predicted octanol–water partition coefficient (Wildman–Crippen LogP) is 1.20. The van der Waals surface area contributed by atoms with Crippen LogP contribution in [0.3, 0.4) is 0 Å². The van der Waals surface area contributed by atoms with E-state index in [0.29, 0.717) is 13.0 Å². The van der Waals surface area contributed by atoms with Gasteiger partial charge in [0.1, 0.15) is 12.4 Å².